The fourth-order valence-electron chi connectivity index (χ4n) is 13.0. The van der Waals surface area contributed by atoms with Crippen molar-refractivity contribution in [1.82, 2.24) is 25.4 Å². The van der Waals surface area contributed by atoms with Crippen LogP contribution in [0.2, 0.25) is 5.02 Å². The van der Waals surface area contributed by atoms with Gasteiger partial charge in [0.25, 0.3) is 11.8 Å². The van der Waals surface area contributed by atoms with Crippen molar-refractivity contribution in [3.05, 3.63) is 117 Å². The zero-order chi connectivity index (χ0) is 48.9. The van der Waals surface area contributed by atoms with Crippen LogP contribution < -0.4 is 26.0 Å². The summed E-state index contributed by atoms with van der Waals surface area (Å²) in [5.41, 5.74) is 4.87. The Morgan fingerprint density at radius 2 is 1.76 bits per heavy atom. The Morgan fingerprint density at radius 1 is 0.986 bits per heavy atom. The van der Waals surface area contributed by atoms with Crippen LogP contribution in [-0.2, 0) is 26.3 Å². The molecule has 0 radical (unpaired) electrons. The van der Waals surface area contributed by atoms with Crippen LogP contribution in [0.1, 0.15) is 126 Å². The zero-order valence-corrected chi connectivity index (χ0v) is 40.7. The zero-order valence-electron chi connectivity index (χ0n) is 39.9. The third-order valence-corrected chi connectivity index (χ3v) is 17.5. The van der Waals surface area contributed by atoms with Gasteiger partial charge < -0.3 is 25.2 Å². The Labute approximate surface area is 412 Å². The van der Waals surface area contributed by atoms with Crippen LogP contribution in [0.15, 0.2) is 66.9 Å². The first-order valence-electron chi connectivity index (χ1n) is 24.5. The number of fused-ring (bicyclic) bond motifs is 4. The summed E-state index contributed by atoms with van der Waals surface area (Å²) in [4.78, 5) is 75.0. The van der Waals surface area contributed by atoms with Gasteiger partial charge >= 0.3 is 0 Å². The summed E-state index contributed by atoms with van der Waals surface area (Å²) in [7, 11) is 1.51. The van der Waals surface area contributed by atoms with Gasteiger partial charge in [0.1, 0.15) is 17.6 Å². The minimum Gasteiger partial charge on any atom is -0.495 e. The number of ether oxygens (including phenoxy) is 1. The van der Waals surface area contributed by atoms with Crippen LogP contribution in [0.3, 0.4) is 0 Å². The number of amides is 5. The summed E-state index contributed by atoms with van der Waals surface area (Å²) < 4.78 is 22.4. The van der Waals surface area contributed by atoms with Gasteiger partial charge in [-0.15, -0.1) is 0 Å². The third-order valence-electron chi connectivity index (χ3n) is 17.2. The number of likely N-dealkylation sites (tertiary alicyclic amines) is 1. The molecule has 15 heteroatoms. The second kappa shape index (κ2) is 16.9. The summed E-state index contributed by atoms with van der Waals surface area (Å²) in [6.07, 6.45) is 8.32. The average molecular weight is 967 g/mol. The molecule has 4 N–H and O–H groups in total. The van der Waals surface area contributed by atoms with Crippen molar-refractivity contribution in [2.24, 2.45) is 16.7 Å². The lowest BCUT2D eigenvalue weighted by Gasteiger charge is -2.51. The third kappa shape index (κ3) is 7.45. The molecule has 2 saturated carbocycles. The summed E-state index contributed by atoms with van der Waals surface area (Å²) in [5.74, 6) is 4.66. The lowest BCUT2D eigenvalue weighted by molar-refractivity contribution is -0.137. The quantitative estimate of drug-likeness (QED) is 0.112. The van der Waals surface area contributed by atoms with Crippen LogP contribution in [0, 0.1) is 41.3 Å². The number of hydrogen-bond acceptors (Lipinski definition) is 9. The topological polar surface area (TPSA) is 162 Å². The normalized spacial score (nSPS) is 26.6. The number of methoxy groups -OCH3 is 1. The maximum atomic E-state index is 16.5. The summed E-state index contributed by atoms with van der Waals surface area (Å²) in [6, 6.07) is 16.1. The number of rotatable bonds is 6. The molecule has 13 nitrogen and oxygen atoms in total. The number of aromatic nitrogens is 1. The fourth-order valence-corrected chi connectivity index (χ4v) is 13.2. The van der Waals surface area contributed by atoms with E-state index in [4.69, 9.17) is 21.3 Å². The van der Waals surface area contributed by atoms with Crippen LogP contribution in [0.4, 0.5) is 15.8 Å². The molecule has 3 saturated heterocycles. The Bertz CT molecular complexity index is 2970. The lowest BCUT2D eigenvalue weighted by atomic mass is 9.54. The van der Waals surface area contributed by atoms with E-state index in [1.807, 2.05) is 36.2 Å². The standard InChI is InChI=1S/C55H57ClFN7O6/c1-31-25-41-38(28-58-31)55(30-59-41)45(36-9-6-10-39(56)46(36)57)47(62-54(55)19-17-52(2,3)18-20-54)49(67)60-40-14-12-33(26-43(40)70-4)50(68)63-23-21-53(22-24-63)27-34(53)13-11-32-7-5-8-35-37(32)29-64(51(35)69)42-15-16-44(65)61-48(42)66/h5-10,12,14,25-26,28,34,42,45,47,59,62H,15-24,27,29-30H2,1-4H3,(H,60,67)(H,61,65,66)/t34-,42+,45+,47-,55-/m1/s1. The number of nitrogens with one attached hydrogen (secondary N) is 4. The fraction of sp³-hybridized carbons (Fsp3) is 0.455. The van der Waals surface area contributed by atoms with E-state index in [2.05, 4.69) is 47.0 Å². The molecule has 4 aromatic rings. The minimum atomic E-state index is -0.876. The molecule has 70 heavy (non-hydrogen) atoms. The molecule has 0 bridgehead atoms. The highest BCUT2D eigenvalue weighted by Gasteiger charge is 2.69. The van der Waals surface area contributed by atoms with Crippen LogP contribution >= 0.6 is 11.6 Å². The first-order chi connectivity index (χ1) is 33.6. The molecule has 7 aliphatic rings. The van der Waals surface area contributed by atoms with Gasteiger partial charge in [-0.1, -0.05) is 55.5 Å². The highest BCUT2D eigenvalue weighted by atomic mass is 35.5. The van der Waals surface area contributed by atoms with Crippen LogP contribution in [-0.4, -0.2) is 88.7 Å². The van der Waals surface area contributed by atoms with Gasteiger partial charge in [0.15, 0.2) is 0 Å². The van der Waals surface area contributed by atoms with E-state index >= 15 is 9.18 Å². The van der Waals surface area contributed by atoms with Crippen molar-refractivity contribution in [3.63, 3.8) is 0 Å². The molecule has 6 heterocycles. The lowest BCUT2D eigenvalue weighted by Crippen LogP contribution is -2.59. The molecule has 5 amide bonds. The van der Waals surface area contributed by atoms with Gasteiger partial charge in [-0.05, 0) is 123 Å². The SMILES string of the molecule is COc1cc(C(=O)N2CCC3(CC2)C[C@H]3C#Cc2cccc3c2CN([C@H]2CCC(=O)NC2=O)C3=O)ccc1NC(=O)[C@@H]1NC2(CCC(C)(C)CC2)[C@@]2(CNc3cc(C)ncc32)[C@H]1c1cccc(Cl)c1F. The van der Waals surface area contributed by atoms with Crippen molar-refractivity contribution in [2.75, 3.05) is 37.4 Å². The Balaban J connectivity index is 0.793. The number of carbonyl (C=O) groups excluding carboxylic acids is 5. The number of imide groups is 1. The molecule has 5 atom stereocenters. The predicted molar refractivity (Wildman–Crippen MR) is 262 cm³/mol. The van der Waals surface area contributed by atoms with E-state index in [9.17, 15) is 19.2 Å². The van der Waals surface area contributed by atoms with E-state index < -0.39 is 40.7 Å². The highest BCUT2D eigenvalue weighted by molar-refractivity contribution is 6.30. The molecule has 3 aromatic carbocycles. The van der Waals surface area contributed by atoms with Gasteiger partial charge in [0, 0.05) is 95.2 Å². The first kappa shape index (κ1) is 46.1. The smallest absolute Gasteiger partial charge is 0.255 e. The van der Waals surface area contributed by atoms with Crippen molar-refractivity contribution in [2.45, 2.75) is 114 Å². The minimum absolute atomic E-state index is 0.00420. The van der Waals surface area contributed by atoms with Crippen LogP contribution in [0.5, 0.6) is 5.75 Å². The van der Waals surface area contributed by atoms with Crippen molar-refractivity contribution in [3.8, 4) is 17.6 Å². The average Bonchev–Trinajstić information content (AvgIpc) is 3.55. The number of anilines is 2. The molecular weight excluding hydrogens is 909 g/mol. The molecule has 0 unspecified atom stereocenters. The van der Waals surface area contributed by atoms with Gasteiger partial charge in [0.05, 0.1) is 23.9 Å². The van der Waals surface area contributed by atoms with Crippen LogP contribution in [0.25, 0.3) is 0 Å². The van der Waals surface area contributed by atoms with Crippen molar-refractivity contribution < 1.29 is 33.1 Å². The molecule has 11 rings (SSSR count). The summed E-state index contributed by atoms with van der Waals surface area (Å²) in [6.45, 7) is 8.39. The largest absolute Gasteiger partial charge is 0.495 e. The summed E-state index contributed by atoms with van der Waals surface area (Å²) in [5, 5.41) is 13.0. The van der Waals surface area contributed by atoms with Gasteiger partial charge in [-0.25, -0.2) is 4.39 Å². The Kier molecular flexibility index (Phi) is 11.2. The molecule has 2 aliphatic carbocycles. The van der Waals surface area contributed by atoms with E-state index in [1.165, 1.54) is 13.2 Å². The molecule has 1 aromatic heterocycles. The number of halogens is 2. The van der Waals surface area contributed by atoms with E-state index in [-0.39, 0.29) is 58.4 Å². The maximum Gasteiger partial charge on any atom is 0.255 e. The molecule has 5 aliphatic heterocycles. The Morgan fingerprint density at radius 3 is 2.51 bits per heavy atom. The number of carbonyl (C=O) groups is 5. The molecule has 3 spiro atoms. The monoisotopic (exact) mass is 965 g/mol. The summed E-state index contributed by atoms with van der Waals surface area (Å²) >= 11 is 6.52. The van der Waals surface area contributed by atoms with Gasteiger partial charge in [0.2, 0.25) is 17.7 Å². The van der Waals surface area contributed by atoms with Gasteiger partial charge in [-0.2, -0.15) is 0 Å². The number of aryl methyl sites for hydroxylation is 1. The first-order valence-corrected chi connectivity index (χ1v) is 24.9. The van der Waals surface area contributed by atoms with E-state index in [1.54, 1.807) is 41.3 Å². The number of piperidine rings is 2. The van der Waals surface area contributed by atoms with E-state index in [0.29, 0.717) is 54.2 Å². The highest BCUT2D eigenvalue weighted by Crippen LogP contribution is 2.64. The maximum absolute atomic E-state index is 16.5. The van der Waals surface area contributed by atoms with Gasteiger partial charge in [-0.3, -0.25) is 39.6 Å². The number of hydrogen-bond donors (Lipinski definition) is 4. The second-order valence-corrected chi connectivity index (χ2v) is 21.9. The number of nitrogens with zero attached hydrogens (tertiary/aromatic N) is 3. The molecular formula is C55H57ClFN7O6. The predicted octanol–water partition coefficient (Wildman–Crippen LogP) is 7.64. The van der Waals surface area contributed by atoms with Crippen molar-refractivity contribution >= 4 is 52.5 Å². The molecule has 5 fully saturated rings. The number of pyridine rings is 1. The van der Waals surface area contributed by atoms with Crippen molar-refractivity contribution in [1.29, 1.82) is 0 Å². The van der Waals surface area contributed by atoms with E-state index in [0.717, 1.165) is 73.0 Å². The second-order valence-electron chi connectivity index (χ2n) is 21.5. The Hall–Kier alpha value is -6.30. The number of benzene rings is 3. The molecule has 362 valence electrons.